The van der Waals surface area contributed by atoms with Crippen molar-refractivity contribution in [3.8, 4) is 11.5 Å². The van der Waals surface area contributed by atoms with Crippen LogP contribution in [0.5, 0.6) is 11.5 Å². The van der Waals surface area contributed by atoms with Crippen LogP contribution in [0, 0.1) is 5.82 Å². The van der Waals surface area contributed by atoms with Crippen molar-refractivity contribution in [2.24, 2.45) is 0 Å². The molecule has 1 saturated carbocycles. The Hall–Kier alpha value is -3.04. The third-order valence-corrected chi connectivity index (χ3v) is 6.50. The summed E-state index contributed by atoms with van der Waals surface area (Å²) >= 11 is 0. The van der Waals surface area contributed by atoms with Crippen molar-refractivity contribution in [3.05, 3.63) is 59.0 Å². The number of ether oxygens (including phenoxy) is 2. The molecule has 3 aromatic rings. The molecule has 1 aromatic heterocycles. The molecular formula is C28H30F3NO5. The molecule has 0 radical (unpaired) electrons. The molecule has 1 fully saturated rings. The van der Waals surface area contributed by atoms with E-state index in [1.165, 1.54) is 0 Å². The van der Waals surface area contributed by atoms with Crippen molar-refractivity contribution in [2.45, 2.75) is 76.0 Å². The third kappa shape index (κ3) is 4.48. The molecule has 37 heavy (non-hydrogen) atoms. The summed E-state index contributed by atoms with van der Waals surface area (Å²) in [5, 5.41) is 20.3. The molecule has 1 unspecified atom stereocenters. The van der Waals surface area contributed by atoms with Crippen LogP contribution in [0.1, 0.15) is 73.1 Å². The molecule has 0 bridgehead atoms. The molecule has 2 heterocycles. The Morgan fingerprint density at radius 1 is 1.30 bits per heavy atom. The van der Waals surface area contributed by atoms with Gasteiger partial charge in [0.2, 0.25) is 0 Å². The van der Waals surface area contributed by atoms with E-state index < -0.39 is 109 Å². The van der Waals surface area contributed by atoms with Crippen LogP contribution in [-0.4, -0.2) is 39.5 Å². The summed E-state index contributed by atoms with van der Waals surface area (Å²) in [6.45, 7) is -6.02. The number of ketones is 1. The van der Waals surface area contributed by atoms with Gasteiger partial charge in [-0.25, -0.2) is 4.39 Å². The van der Waals surface area contributed by atoms with E-state index in [2.05, 4.69) is 9.47 Å². The number of benzene rings is 2. The van der Waals surface area contributed by atoms with Crippen molar-refractivity contribution in [3.63, 3.8) is 0 Å². The Morgan fingerprint density at radius 3 is 2.68 bits per heavy atom. The monoisotopic (exact) mass is 529 g/mol. The Morgan fingerprint density at radius 2 is 2.03 bits per heavy atom. The second-order valence-corrected chi connectivity index (χ2v) is 8.98. The van der Waals surface area contributed by atoms with Gasteiger partial charge in [0.25, 0.3) is 0 Å². The number of aliphatic hydroxyl groups is 2. The molecule has 1 aliphatic carbocycles. The largest absolute Gasteiger partial charge is 0.586 e. The molecular weight excluding hydrogens is 487 g/mol. The Bertz CT molecular complexity index is 1840. The van der Waals surface area contributed by atoms with Crippen LogP contribution in [0.3, 0.4) is 0 Å². The van der Waals surface area contributed by atoms with Crippen LogP contribution >= 0.6 is 0 Å². The van der Waals surface area contributed by atoms with E-state index in [-0.39, 0.29) is 10.9 Å². The van der Waals surface area contributed by atoms with E-state index in [4.69, 9.17) is 16.4 Å². The lowest BCUT2D eigenvalue weighted by atomic mass is 9.86. The summed E-state index contributed by atoms with van der Waals surface area (Å²) in [6, 6.07) is 5.58. The predicted molar refractivity (Wildman–Crippen MR) is 131 cm³/mol. The highest BCUT2D eigenvalue weighted by molar-refractivity contribution is 5.95. The van der Waals surface area contributed by atoms with Gasteiger partial charge in [-0.15, -0.1) is 8.78 Å². The maximum Gasteiger partial charge on any atom is 0.586 e. The topological polar surface area (TPSA) is 80.9 Å². The van der Waals surface area contributed by atoms with Crippen LogP contribution in [-0.2, 0) is 28.6 Å². The first kappa shape index (κ1) is 14.8. The Kier molecular flexibility index (Phi) is 3.50. The van der Waals surface area contributed by atoms with Crippen LogP contribution in [0.25, 0.3) is 10.9 Å². The number of carbonyl (C=O) groups excluding carboxylic acids is 1. The first-order valence-electron chi connectivity index (χ1n) is 17.1. The smallest absolute Gasteiger partial charge is 0.395 e. The second kappa shape index (κ2) is 8.77. The molecule has 2 atom stereocenters. The van der Waals surface area contributed by atoms with E-state index in [0.717, 1.165) is 54.8 Å². The fraction of sp³-hybridized carbons (Fsp3) is 0.464. The van der Waals surface area contributed by atoms with Gasteiger partial charge in [0.05, 0.1) is 34.2 Å². The SMILES string of the molecule is [2H]C([2H])([2H])C(C)(c1cc2cc(CC(=O)C3(c4ccc5c(c4)OC(F)(F)O5)C([2H])([2H])C3([2H])[2H])c(F)cc2n1C[C@]([2H])(O)C([2H])([2H])O)C([2H])([2H])C. The lowest BCUT2D eigenvalue weighted by Gasteiger charge is -2.26. The van der Waals surface area contributed by atoms with Crippen molar-refractivity contribution in [1.29, 1.82) is 0 Å². The van der Waals surface area contributed by atoms with E-state index in [9.17, 15) is 23.8 Å². The molecule has 2 N–H and O–H groups in total. The predicted octanol–water partition coefficient (Wildman–Crippen LogP) is 4.99. The molecule has 9 heteroatoms. The van der Waals surface area contributed by atoms with Gasteiger partial charge < -0.3 is 24.3 Å². The number of fused-ring (bicyclic) bond motifs is 2. The zero-order chi connectivity index (χ0) is 37.3. The van der Waals surface area contributed by atoms with Crippen molar-refractivity contribution in [1.82, 2.24) is 4.57 Å². The average Bonchev–Trinajstić information content (AvgIpc) is 3.19. The van der Waals surface area contributed by atoms with Gasteiger partial charge in [-0.2, -0.15) is 0 Å². The van der Waals surface area contributed by atoms with E-state index in [1.807, 2.05) is 0 Å². The number of carbonyl (C=O) groups is 1. The number of rotatable bonds is 9. The average molecular weight is 530 g/mol. The van der Waals surface area contributed by atoms with Gasteiger partial charge in [-0.3, -0.25) is 4.79 Å². The summed E-state index contributed by atoms with van der Waals surface area (Å²) < 4.78 is 151. The minimum atomic E-state index is -4.07. The van der Waals surface area contributed by atoms with Crippen LogP contribution < -0.4 is 9.47 Å². The van der Waals surface area contributed by atoms with Crippen molar-refractivity contribution < 1.29 is 54.1 Å². The maximum absolute atomic E-state index is 15.9. The number of nitrogens with zero attached hydrogens (tertiary/aromatic N) is 1. The fourth-order valence-electron chi connectivity index (χ4n) is 4.36. The lowest BCUT2D eigenvalue weighted by molar-refractivity contribution is -0.286. The van der Waals surface area contributed by atoms with Gasteiger partial charge in [-0.1, -0.05) is 26.8 Å². The van der Waals surface area contributed by atoms with Gasteiger partial charge in [-0.05, 0) is 60.6 Å². The maximum atomic E-state index is 15.9. The van der Waals surface area contributed by atoms with Gasteiger partial charge in [0.15, 0.2) is 11.5 Å². The first-order valence-corrected chi connectivity index (χ1v) is 11.1. The second-order valence-electron chi connectivity index (χ2n) is 8.98. The van der Waals surface area contributed by atoms with E-state index >= 15 is 4.39 Å². The molecule has 0 amide bonds. The lowest BCUT2D eigenvalue weighted by Crippen LogP contribution is -2.26. The summed E-state index contributed by atoms with van der Waals surface area (Å²) in [7, 11) is 0. The van der Waals surface area contributed by atoms with Crippen molar-refractivity contribution in [2.75, 3.05) is 6.56 Å². The first-order chi connectivity index (χ1) is 21.9. The Labute approximate surface area is 229 Å². The van der Waals surface area contributed by atoms with Crippen LogP contribution in [0.15, 0.2) is 36.4 Å². The molecule has 1 aliphatic heterocycles. The highest BCUT2D eigenvalue weighted by Gasteiger charge is 2.52. The quantitative estimate of drug-likeness (QED) is 0.409. The van der Waals surface area contributed by atoms with Gasteiger partial charge in [0.1, 0.15) is 11.6 Å². The van der Waals surface area contributed by atoms with Gasteiger partial charge >= 0.3 is 6.29 Å². The summed E-state index contributed by atoms with van der Waals surface area (Å²) in [6.07, 6.45) is -16.8. The summed E-state index contributed by atoms with van der Waals surface area (Å²) in [5.74, 6) is -3.46. The number of halogens is 3. The molecule has 0 saturated heterocycles. The molecule has 198 valence electrons. The normalized spacial score (nSPS) is 29.1. The van der Waals surface area contributed by atoms with Crippen LogP contribution in [0.4, 0.5) is 13.2 Å². The highest BCUT2D eigenvalue weighted by Crippen LogP contribution is 2.52. The zero-order valence-electron chi connectivity index (χ0n) is 31.6. The fourth-order valence-corrected chi connectivity index (χ4v) is 4.36. The molecule has 2 aromatic carbocycles. The van der Waals surface area contributed by atoms with E-state index in [0.29, 0.717) is 0 Å². The number of Topliss-reactive ketones (excluding diaryl/α,β-unsaturated/α-hetero) is 1. The summed E-state index contributed by atoms with van der Waals surface area (Å²) in [4.78, 5) is 13.9. The number of alkyl halides is 2. The molecule has 2 aliphatic rings. The summed E-state index contributed by atoms with van der Waals surface area (Å²) in [5.41, 5.74) is -6.74. The number of hydrogen-bond donors (Lipinski definition) is 2. The van der Waals surface area contributed by atoms with Crippen molar-refractivity contribution >= 4 is 16.7 Å². The van der Waals surface area contributed by atoms with E-state index in [1.54, 1.807) is 0 Å². The highest BCUT2D eigenvalue weighted by atomic mass is 19.3. The molecule has 0 spiro atoms. The third-order valence-electron chi connectivity index (χ3n) is 6.50. The number of hydrogen-bond acceptors (Lipinski definition) is 5. The Balaban J connectivity index is 1.66. The molecule has 5 rings (SSSR count). The van der Waals surface area contributed by atoms with Crippen LogP contribution in [0.2, 0.25) is 0 Å². The minimum absolute atomic E-state index is 0.102. The number of aromatic nitrogens is 1. The standard InChI is InChI=1S/C28H30F3NO5/c1-4-26(2,3)24-10-17-9-16(20(29)13-21(17)32(24)14-19(34)15-33)11-25(35)27(7-8-27)18-5-6-22-23(12-18)37-28(30,31)36-22/h5-6,9-10,12-13,19,33-34H,4,7-8,11,14-15H2,1-3H3/t19-/m0/s1/i2D3,4D2,7D2,8D2,15D2,19D/t19-,26?. The molecule has 6 nitrogen and oxygen atoms in total. The zero-order valence-corrected chi connectivity index (χ0v) is 19.6. The van der Waals surface area contributed by atoms with Gasteiger partial charge in [0, 0.05) is 35.3 Å². The minimum Gasteiger partial charge on any atom is -0.395 e.